The smallest absolute Gasteiger partial charge is 0.226 e. The summed E-state index contributed by atoms with van der Waals surface area (Å²) in [7, 11) is 0. The summed E-state index contributed by atoms with van der Waals surface area (Å²) < 4.78 is 5.31. The Hall–Kier alpha value is -0.610. The number of aliphatic hydroxyl groups excluding tert-OH is 1. The lowest BCUT2D eigenvalue weighted by Gasteiger charge is -2.39. The number of nitrogens with zero attached hydrogens (tertiary/aromatic N) is 1. The summed E-state index contributed by atoms with van der Waals surface area (Å²) in [5.41, 5.74) is 0. The summed E-state index contributed by atoms with van der Waals surface area (Å²) in [6.07, 6.45) is 5.28. The van der Waals surface area contributed by atoms with Crippen LogP contribution in [0.15, 0.2) is 0 Å². The highest BCUT2D eigenvalue weighted by Gasteiger charge is 2.44. The van der Waals surface area contributed by atoms with Crippen molar-refractivity contribution in [1.29, 1.82) is 0 Å². The molecule has 1 N–H and O–H groups in total. The van der Waals surface area contributed by atoms with Crippen LogP contribution in [0.25, 0.3) is 0 Å². The van der Waals surface area contributed by atoms with Crippen molar-refractivity contribution in [3.63, 3.8) is 0 Å². The molecule has 0 spiro atoms. The monoisotopic (exact) mass is 239 g/mol. The molecule has 3 rings (SSSR count). The molecule has 0 aromatic heterocycles. The first-order valence-corrected chi connectivity index (χ1v) is 6.83. The van der Waals surface area contributed by atoms with Gasteiger partial charge < -0.3 is 14.7 Å². The summed E-state index contributed by atoms with van der Waals surface area (Å²) in [5.74, 6) is 0.495. The van der Waals surface area contributed by atoms with E-state index in [0.29, 0.717) is 18.0 Å². The topological polar surface area (TPSA) is 49.8 Å². The predicted molar refractivity (Wildman–Crippen MR) is 62.4 cm³/mol. The third kappa shape index (κ3) is 2.08. The zero-order valence-electron chi connectivity index (χ0n) is 10.2. The van der Waals surface area contributed by atoms with Crippen molar-refractivity contribution in [2.75, 3.05) is 13.2 Å². The van der Waals surface area contributed by atoms with Gasteiger partial charge in [-0.1, -0.05) is 0 Å². The summed E-state index contributed by atoms with van der Waals surface area (Å²) in [5, 5.41) is 9.74. The van der Waals surface area contributed by atoms with Gasteiger partial charge in [0.05, 0.1) is 6.10 Å². The molecule has 2 atom stereocenters. The maximum atomic E-state index is 12.5. The van der Waals surface area contributed by atoms with E-state index in [9.17, 15) is 9.90 Å². The van der Waals surface area contributed by atoms with Gasteiger partial charge in [-0.2, -0.15) is 0 Å². The SMILES string of the molecule is O=C(C1CCOCC1)N1C2CCC1CC(O)C2. The number of rotatable bonds is 1. The molecule has 2 bridgehead atoms. The lowest BCUT2D eigenvalue weighted by Crippen LogP contribution is -2.50. The van der Waals surface area contributed by atoms with E-state index in [2.05, 4.69) is 4.90 Å². The first-order valence-electron chi connectivity index (χ1n) is 6.83. The summed E-state index contributed by atoms with van der Waals surface area (Å²) in [4.78, 5) is 14.6. The van der Waals surface area contributed by atoms with Crippen molar-refractivity contribution in [1.82, 2.24) is 4.90 Å². The highest BCUT2D eigenvalue weighted by molar-refractivity contribution is 5.80. The van der Waals surface area contributed by atoms with Crippen molar-refractivity contribution >= 4 is 5.91 Å². The van der Waals surface area contributed by atoms with Crippen LogP contribution in [0.2, 0.25) is 0 Å². The van der Waals surface area contributed by atoms with Crippen molar-refractivity contribution < 1.29 is 14.6 Å². The molecule has 0 aliphatic carbocycles. The van der Waals surface area contributed by atoms with Crippen LogP contribution in [-0.2, 0) is 9.53 Å². The third-order valence-electron chi connectivity index (χ3n) is 4.53. The van der Waals surface area contributed by atoms with Gasteiger partial charge in [0, 0.05) is 31.2 Å². The molecule has 1 amide bonds. The first kappa shape index (κ1) is 11.5. The van der Waals surface area contributed by atoms with Gasteiger partial charge in [0.1, 0.15) is 0 Å². The Bertz CT molecular complexity index is 287. The van der Waals surface area contributed by atoms with E-state index in [4.69, 9.17) is 4.74 Å². The van der Waals surface area contributed by atoms with E-state index in [-0.39, 0.29) is 12.0 Å². The lowest BCUT2D eigenvalue weighted by molar-refractivity contribution is -0.144. The standard InChI is InChI=1S/C13H21NO3/c15-12-7-10-1-2-11(8-12)14(10)13(16)9-3-5-17-6-4-9/h9-12,15H,1-8H2. The van der Waals surface area contributed by atoms with Gasteiger partial charge in [-0.05, 0) is 38.5 Å². The van der Waals surface area contributed by atoms with Gasteiger partial charge in [0.25, 0.3) is 0 Å². The number of amides is 1. The molecule has 4 nitrogen and oxygen atoms in total. The van der Waals surface area contributed by atoms with Crippen molar-refractivity contribution in [3.8, 4) is 0 Å². The average molecular weight is 239 g/mol. The minimum absolute atomic E-state index is 0.169. The van der Waals surface area contributed by atoms with E-state index in [0.717, 1.165) is 51.7 Å². The van der Waals surface area contributed by atoms with Crippen LogP contribution in [0, 0.1) is 5.92 Å². The number of hydrogen-bond acceptors (Lipinski definition) is 3. The number of fused-ring (bicyclic) bond motifs is 2. The van der Waals surface area contributed by atoms with Gasteiger partial charge in [-0.3, -0.25) is 4.79 Å². The summed E-state index contributed by atoms with van der Waals surface area (Å²) in [6.45, 7) is 1.45. The second-order valence-corrected chi connectivity index (χ2v) is 5.64. The second-order valence-electron chi connectivity index (χ2n) is 5.64. The Labute approximate surface area is 102 Å². The Morgan fingerprint density at radius 3 is 2.24 bits per heavy atom. The zero-order valence-corrected chi connectivity index (χ0v) is 10.2. The molecule has 0 saturated carbocycles. The van der Waals surface area contributed by atoms with Crippen LogP contribution in [0.3, 0.4) is 0 Å². The van der Waals surface area contributed by atoms with E-state index < -0.39 is 0 Å². The van der Waals surface area contributed by atoms with E-state index in [1.165, 1.54) is 0 Å². The van der Waals surface area contributed by atoms with Gasteiger partial charge in [0.2, 0.25) is 5.91 Å². The fraction of sp³-hybridized carbons (Fsp3) is 0.923. The highest BCUT2D eigenvalue weighted by atomic mass is 16.5. The summed E-state index contributed by atoms with van der Waals surface area (Å²) >= 11 is 0. The molecule has 3 heterocycles. The maximum absolute atomic E-state index is 12.5. The molecule has 3 saturated heterocycles. The molecule has 0 aromatic rings. The van der Waals surface area contributed by atoms with Crippen LogP contribution in [0.4, 0.5) is 0 Å². The van der Waals surface area contributed by atoms with Gasteiger partial charge in [-0.15, -0.1) is 0 Å². The number of aliphatic hydroxyl groups is 1. The van der Waals surface area contributed by atoms with Crippen LogP contribution < -0.4 is 0 Å². The Morgan fingerprint density at radius 2 is 1.65 bits per heavy atom. The largest absolute Gasteiger partial charge is 0.393 e. The number of piperidine rings is 1. The van der Waals surface area contributed by atoms with E-state index >= 15 is 0 Å². The van der Waals surface area contributed by atoms with Crippen molar-refractivity contribution in [2.45, 2.75) is 56.7 Å². The quantitative estimate of drug-likeness (QED) is 0.740. The molecule has 0 aromatic carbocycles. The Kier molecular flexibility index (Phi) is 3.09. The first-order chi connectivity index (χ1) is 8.25. The van der Waals surface area contributed by atoms with Gasteiger partial charge in [-0.25, -0.2) is 0 Å². The Morgan fingerprint density at radius 1 is 1.06 bits per heavy atom. The van der Waals surface area contributed by atoms with Gasteiger partial charge in [0.15, 0.2) is 0 Å². The molecular formula is C13H21NO3. The van der Waals surface area contributed by atoms with Crippen LogP contribution in [0.1, 0.15) is 38.5 Å². The van der Waals surface area contributed by atoms with Crippen LogP contribution >= 0.6 is 0 Å². The number of carbonyl (C=O) groups excluding carboxylic acids is 1. The van der Waals surface area contributed by atoms with Crippen LogP contribution in [0.5, 0.6) is 0 Å². The molecule has 17 heavy (non-hydrogen) atoms. The fourth-order valence-electron chi connectivity index (χ4n) is 3.66. The average Bonchev–Trinajstić information content (AvgIpc) is 2.62. The minimum Gasteiger partial charge on any atom is -0.393 e. The van der Waals surface area contributed by atoms with Crippen molar-refractivity contribution in [2.24, 2.45) is 5.92 Å². The molecule has 4 heteroatoms. The molecule has 3 aliphatic rings. The number of carbonyl (C=O) groups is 1. The van der Waals surface area contributed by atoms with Crippen molar-refractivity contribution in [3.05, 3.63) is 0 Å². The maximum Gasteiger partial charge on any atom is 0.226 e. The zero-order chi connectivity index (χ0) is 11.8. The highest BCUT2D eigenvalue weighted by Crippen LogP contribution is 2.37. The van der Waals surface area contributed by atoms with Crippen LogP contribution in [-0.4, -0.2) is 47.3 Å². The van der Waals surface area contributed by atoms with Gasteiger partial charge >= 0.3 is 0 Å². The molecule has 3 fully saturated rings. The molecular weight excluding hydrogens is 218 g/mol. The van der Waals surface area contributed by atoms with E-state index in [1.807, 2.05) is 0 Å². The van der Waals surface area contributed by atoms with E-state index in [1.54, 1.807) is 0 Å². The molecule has 0 radical (unpaired) electrons. The fourth-order valence-corrected chi connectivity index (χ4v) is 3.66. The second kappa shape index (κ2) is 4.58. The molecule has 2 unspecified atom stereocenters. The number of hydrogen-bond donors (Lipinski definition) is 1. The number of ether oxygens (including phenoxy) is 1. The Balaban J connectivity index is 1.69. The molecule has 96 valence electrons. The molecule has 3 aliphatic heterocycles. The normalized spacial score (nSPS) is 38.4. The summed E-state index contributed by atoms with van der Waals surface area (Å²) in [6, 6.07) is 0.609. The minimum atomic E-state index is -0.189. The predicted octanol–water partition coefficient (Wildman–Crippen LogP) is 0.927. The third-order valence-corrected chi connectivity index (χ3v) is 4.53. The lowest BCUT2D eigenvalue weighted by atomic mass is 9.93.